The molecule has 0 aliphatic carbocycles. The van der Waals surface area contributed by atoms with Crippen molar-refractivity contribution in [1.82, 2.24) is 0 Å². The summed E-state index contributed by atoms with van der Waals surface area (Å²) in [7, 11) is 0. The molecule has 2 atom stereocenters. The lowest BCUT2D eigenvalue weighted by molar-refractivity contribution is -0.136. The monoisotopic (exact) mass is 431 g/mol. The third-order valence-corrected chi connectivity index (χ3v) is 6.89. The minimum absolute atomic E-state index is 0.0904. The minimum atomic E-state index is -0.915. The van der Waals surface area contributed by atoms with Crippen molar-refractivity contribution in [3.05, 3.63) is 62.6 Å². The number of carboxylic acid groups (broad SMARTS) is 1. The summed E-state index contributed by atoms with van der Waals surface area (Å²) in [5.74, 6) is -0.915. The van der Waals surface area contributed by atoms with Crippen LogP contribution >= 0.6 is 58.8 Å². The number of carboxylic acids is 1. The quantitative estimate of drug-likeness (QED) is 0.577. The Balaban J connectivity index is 2.15. The van der Waals surface area contributed by atoms with Gasteiger partial charge in [-0.25, -0.2) is 0 Å². The first-order valence-electron chi connectivity index (χ1n) is 7.28. The van der Waals surface area contributed by atoms with E-state index in [0.717, 1.165) is 16.8 Å². The van der Waals surface area contributed by atoms with Crippen LogP contribution in [-0.4, -0.2) is 21.3 Å². The molecule has 0 spiro atoms. The Morgan fingerprint density at radius 2 is 1.96 bits per heavy atom. The number of aliphatic carboxylic acids is 1. The van der Waals surface area contributed by atoms with E-state index in [-0.39, 0.29) is 11.7 Å². The van der Waals surface area contributed by atoms with Crippen LogP contribution in [0.3, 0.4) is 0 Å². The molecule has 1 aliphatic rings. The summed E-state index contributed by atoms with van der Waals surface area (Å²) in [5.41, 5.74) is 2.47. The molecule has 2 aromatic rings. The standard InChI is InChI=1S/C17H12Cl3NO2S2/c18-8-4-5-12-10(6-8)16(9-2-1-3-11(19)15(9)20)25-13(7-14(22)23)17(24)21-12/h1-6,13,16H,7H2,(H,21,24)(H,22,23). The number of nitrogens with one attached hydrogen (secondary N) is 1. The van der Waals surface area contributed by atoms with Gasteiger partial charge in [0.1, 0.15) is 0 Å². The van der Waals surface area contributed by atoms with E-state index < -0.39 is 11.2 Å². The molecule has 8 heteroatoms. The van der Waals surface area contributed by atoms with Crippen LogP contribution in [0.5, 0.6) is 0 Å². The van der Waals surface area contributed by atoms with E-state index in [2.05, 4.69) is 5.32 Å². The molecule has 0 saturated heterocycles. The van der Waals surface area contributed by atoms with Crippen molar-refractivity contribution in [2.75, 3.05) is 5.32 Å². The molecule has 3 nitrogen and oxygen atoms in total. The average molecular weight is 433 g/mol. The molecular weight excluding hydrogens is 421 g/mol. The van der Waals surface area contributed by atoms with Crippen LogP contribution < -0.4 is 5.32 Å². The number of rotatable bonds is 3. The van der Waals surface area contributed by atoms with Gasteiger partial charge in [-0.1, -0.05) is 59.2 Å². The smallest absolute Gasteiger partial charge is 0.304 e. The SMILES string of the molecule is O=C(O)CC1SC(c2cccc(Cl)c2Cl)c2cc(Cl)ccc2NC1=S. The van der Waals surface area contributed by atoms with E-state index in [0.29, 0.717) is 20.1 Å². The molecule has 0 aromatic heterocycles. The number of hydrogen-bond donors (Lipinski definition) is 2. The van der Waals surface area contributed by atoms with Gasteiger partial charge in [-0.05, 0) is 35.4 Å². The van der Waals surface area contributed by atoms with E-state index in [1.807, 2.05) is 24.3 Å². The van der Waals surface area contributed by atoms with Gasteiger partial charge in [-0.3, -0.25) is 4.79 Å². The second-order valence-corrected chi connectivity index (χ2v) is 8.44. The van der Waals surface area contributed by atoms with E-state index in [1.54, 1.807) is 12.1 Å². The Morgan fingerprint density at radius 3 is 2.68 bits per heavy atom. The lowest BCUT2D eigenvalue weighted by Crippen LogP contribution is -2.24. The predicted octanol–water partition coefficient (Wildman–Crippen LogP) is 6.07. The molecular formula is C17H12Cl3NO2S2. The van der Waals surface area contributed by atoms with E-state index in [4.69, 9.17) is 47.0 Å². The normalized spacial score (nSPS) is 19.7. The Kier molecular flexibility index (Phi) is 5.81. The van der Waals surface area contributed by atoms with Crippen LogP contribution in [0.4, 0.5) is 5.69 Å². The van der Waals surface area contributed by atoms with Crippen LogP contribution in [0.15, 0.2) is 36.4 Å². The van der Waals surface area contributed by atoms with Crippen molar-refractivity contribution in [3.63, 3.8) is 0 Å². The number of benzene rings is 2. The molecule has 0 radical (unpaired) electrons. The third kappa shape index (κ3) is 4.07. The Morgan fingerprint density at radius 1 is 1.20 bits per heavy atom. The summed E-state index contributed by atoms with van der Waals surface area (Å²) in [4.78, 5) is 11.7. The van der Waals surface area contributed by atoms with Gasteiger partial charge in [0.05, 0.1) is 32.0 Å². The first-order chi connectivity index (χ1) is 11.9. The maximum atomic E-state index is 11.2. The van der Waals surface area contributed by atoms with E-state index in [9.17, 15) is 9.90 Å². The molecule has 130 valence electrons. The van der Waals surface area contributed by atoms with Crippen LogP contribution in [0.25, 0.3) is 0 Å². The van der Waals surface area contributed by atoms with Crippen molar-refractivity contribution < 1.29 is 9.90 Å². The van der Waals surface area contributed by atoms with Crippen molar-refractivity contribution in [2.45, 2.75) is 16.9 Å². The second-order valence-electron chi connectivity index (χ2n) is 5.47. The van der Waals surface area contributed by atoms with Gasteiger partial charge in [0.25, 0.3) is 0 Å². The zero-order valence-corrected chi connectivity index (χ0v) is 16.5. The Hall–Kier alpha value is -0.980. The lowest BCUT2D eigenvalue weighted by atomic mass is 10.0. The number of fused-ring (bicyclic) bond motifs is 1. The van der Waals surface area contributed by atoms with Crippen molar-refractivity contribution in [1.29, 1.82) is 0 Å². The van der Waals surface area contributed by atoms with Crippen LogP contribution in [-0.2, 0) is 4.79 Å². The summed E-state index contributed by atoms with van der Waals surface area (Å²) in [6.07, 6.45) is -0.0904. The van der Waals surface area contributed by atoms with Gasteiger partial charge in [-0.15, -0.1) is 11.8 Å². The molecule has 0 fully saturated rings. The van der Waals surface area contributed by atoms with Gasteiger partial charge < -0.3 is 10.4 Å². The number of hydrogen-bond acceptors (Lipinski definition) is 3. The number of thioether (sulfide) groups is 1. The minimum Gasteiger partial charge on any atom is -0.481 e. The first-order valence-corrected chi connectivity index (χ1v) is 9.77. The number of anilines is 1. The molecule has 2 unspecified atom stereocenters. The van der Waals surface area contributed by atoms with E-state index >= 15 is 0 Å². The fourth-order valence-electron chi connectivity index (χ4n) is 2.64. The zero-order chi connectivity index (χ0) is 18.1. The summed E-state index contributed by atoms with van der Waals surface area (Å²) in [6.45, 7) is 0. The summed E-state index contributed by atoms with van der Waals surface area (Å²) in [5, 5.41) is 13.2. The molecule has 1 aliphatic heterocycles. The molecule has 1 heterocycles. The molecule has 25 heavy (non-hydrogen) atoms. The molecule has 0 saturated carbocycles. The number of halogens is 3. The number of carbonyl (C=O) groups is 1. The Bertz CT molecular complexity index is 860. The van der Waals surface area contributed by atoms with Gasteiger partial charge in [0.15, 0.2) is 0 Å². The van der Waals surface area contributed by atoms with Crippen LogP contribution in [0, 0.1) is 0 Å². The zero-order valence-electron chi connectivity index (χ0n) is 12.6. The highest BCUT2D eigenvalue weighted by atomic mass is 35.5. The van der Waals surface area contributed by atoms with Crippen LogP contribution in [0.2, 0.25) is 15.1 Å². The third-order valence-electron chi connectivity index (χ3n) is 3.77. The van der Waals surface area contributed by atoms with Crippen molar-refractivity contribution >= 4 is 75.4 Å². The summed E-state index contributed by atoms with van der Waals surface area (Å²) in [6, 6.07) is 10.8. The fraction of sp³-hybridized carbons (Fsp3) is 0.176. The van der Waals surface area contributed by atoms with Gasteiger partial charge in [0, 0.05) is 10.7 Å². The van der Waals surface area contributed by atoms with Gasteiger partial charge in [0.2, 0.25) is 0 Å². The number of thiocarbonyl (C=S) groups is 1. The van der Waals surface area contributed by atoms with Crippen molar-refractivity contribution in [3.8, 4) is 0 Å². The maximum Gasteiger partial charge on any atom is 0.304 e. The second kappa shape index (κ2) is 7.72. The average Bonchev–Trinajstić information content (AvgIpc) is 2.67. The largest absolute Gasteiger partial charge is 0.481 e. The van der Waals surface area contributed by atoms with Gasteiger partial charge >= 0.3 is 5.97 Å². The lowest BCUT2D eigenvalue weighted by Gasteiger charge is -2.21. The fourth-order valence-corrected chi connectivity index (χ4v) is 5.10. The molecule has 3 rings (SSSR count). The highest BCUT2D eigenvalue weighted by molar-refractivity contribution is 8.02. The van der Waals surface area contributed by atoms with Gasteiger partial charge in [-0.2, -0.15) is 0 Å². The predicted molar refractivity (Wildman–Crippen MR) is 110 cm³/mol. The topological polar surface area (TPSA) is 49.3 Å². The molecule has 0 bridgehead atoms. The van der Waals surface area contributed by atoms with E-state index in [1.165, 1.54) is 11.8 Å². The summed E-state index contributed by atoms with van der Waals surface area (Å²) >= 11 is 25.6. The summed E-state index contributed by atoms with van der Waals surface area (Å²) < 4.78 is 0. The maximum absolute atomic E-state index is 11.2. The molecule has 0 amide bonds. The van der Waals surface area contributed by atoms with Crippen LogP contribution in [0.1, 0.15) is 22.8 Å². The molecule has 2 aromatic carbocycles. The highest BCUT2D eigenvalue weighted by Gasteiger charge is 2.32. The van der Waals surface area contributed by atoms with Crippen molar-refractivity contribution in [2.24, 2.45) is 0 Å². The molecule has 2 N–H and O–H groups in total. The Labute approximate surface area is 169 Å². The highest BCUT2D eigenvalue weighted by Crippen LogP contribution is 2.48. The first kappa shape index (κ1) is 18.8.